The van der Waals surface area contributed by atoms with Gasteiger partial charge in [0.15, 0.2) is 5.75 Å². The molecular formula is C26H29N7O2. The number of nitrogens with one attached hydrogen (secondary N) is 1. The molecule has 9 nitrogen and oxygen atoms in total. The Labute approximate surface area is 204 Å². The molecule has 0 radical (unpaired) electrons. The van der Waals surface area contributed by atoms with E-state index >= 15 is 0 Å². The average Bonchev–Trinajstić information content (AvgIpc) is 3.42. The lowest BCUT2D eigenvalue weighted by Gasteiger charge is -2.43. The Hall–Kier alpha value is -3.72. The van der Waals surface area contributed by atoms with Crippen LogP contribution in [0.1, 0.15) is 29.3 Å². The van der Waals surface area contributed by atoms with Gasteiger partial charge in [-0.2, -0.15) is 5.10 Å². The van der Waals surface area contributed by atoms with Gasteiger partial charge in [-0.15, -0.1) is 0 Å². The van der Waals surface area contributed by atoms with E-state index in [0.29, 0.717) is 18.6 Å². The maximum absolute atomic E-state index is 11.9. The molecule has 3 aromatic heterocycles. The summed E-state index contributed by atoms with van der Waals surface area (Å²) in [7, 11) is 1.91. The number of amides is 1. The SMILES string of the molecule is C=CC(=O)N1CCC(N2CC(c3cc4c(c(C)n3)OCc3c(-c5cnn(C)c5)ccnc3N4)C2)C1. The van der Waals surface area contributed by atoms with Gasteiger partial charge < -0.3 is 15.0 Å². The number of rotatable bonds is 4. The standard InChI is InChI=1S/C26H29N7O2/c1-4-24(34)32-8-6-19(14-32)33-12-18(13-33)22-9-23-25(16(2)29-22)35-15-21-20(5-7-27-26(21)30-23)17-10-28-31(3)11-17/h4-5,7,9-11,18-19H,1,6,8,12-15H2,2-3H3,(H,27,30). The van der Waals surface area contributed by atoms with Gasteiger partial charge in [-0.25, -0.2) is 4.98 Å². The highest BCUT2D eigenvalue weighted by Crippen LogP contribution is 2.41. The number of anilines is 2. The molecule has 35 heavy (non-hydrogen) atoms. The maximum Gasteiger partial charge on any atom is 0.246 e. The minimum absolute atomic E-state index is 0.0271. The number of pyridine rings is 2. The summed E-state index contributed by atoms with van der Waals surface area (Å²) in [5, 5.41) is 7.84. The van der Waals surface area contributed by atoms with Crippen LogP contribution in [0.4, 0.5) is 11.5 Å². The van der Waals surface area contributed by atoms with Crippen LogP contribution in [0, 0.1) is 6.92 Å². The predicted molar refractivity (Wildman–Crippen MR) is 133 cm³/mol. The smallest absolute Gasteiger partial charge is 0.246 e. The Kier molecular flexibility index (Phi) is 5.29. The third kappa shape index (κ3) is 3.85. The first-order chi connectivity index (χ1) is 17.0. The summed E-state index contributed by atoms with van der Waals surface area (Å²) in [5.74, 6) is 1.96. The van der Waals surface area contributed by atoms with Gasteiger partial charge in [-0.3, -0.25) is 19.4 Å². The van der Waals surface area contributed by atoms with Gasteiger partial charge in [-0.05, 0) is 37.1 Å². The van der Waals surface area contributed by atoms with E-state index in [1.807, 2.05) is 43.5 Å². The highest BCUT2D eigenvalue weighted by molar-refractivity contribution is 5.87. The molecule has 0 bridgehead atoms. The first-order valence-electron chi connectivity index (χ1n) is 12.0. The highest BCUT2D eigenvalue weighted by atomic mass is 16.5. The van der Waals surface area contributed by atoms with Crippen molar-refractivity contribution in [3.05, 3.63) is 60.3 Å². The molecule has 0 saturated carbocycles. The molecule has 0 spiro atoms. The van der Waals surface area contributed by atoms with Gasteiger partial charge in [-0.1, -0.05) is 6.58 Å². The number of carbonyl (C=O) groups is 1. The molecule has 0 aliphatic carbocycles. The molecule has 1 atom stereocenters. The molecule has 3 aromatic rings. The molecule has 2 saturated heterocycles. The van der Waals surface area contributed by atoms with E-state index in [1.165, 1.54) is 6.08 Å². The van der Waals surface area contributed by atoms with Gasteiger partial charge in [0.05, 0.1) is 17.6 Å². The fourth-order valence-electron chi connectivity index (χ4n) is 5.39. The van der Waals surface area contributed by atoms with Crippen molar-refractivity contribution in [1.82, 2.24) is 29.5 Å². The molecule has 1 amide bonds. The molecule has 3 aliphatic rings. The van der Waals surface area contributed by atoms with Crippen molar-refractivity contribution in [2.45, 2.75) is 31.9 Å². The van der Waals surface area contributed by atoms with Crippen LogP contribution in [0.5, 0.6) is 5.75 Å². The molecule has 6 rings (SSSR count). The van der Waals surface area contributed by atoms with E-state index in [1.54, 1.807) is 4.68 Å². The zero-order valence-corrected chi connectivity index (χ0v) is 20.1. The number of fused-ring (bicyclic) bond motifs is 2. The lowest BCUT2D eigenvalue weighted by molar-refractivity contribution is -0.125. The number of aromatic nitrogens is 4. The Balaban J connectivity index is 1.21. The summed E-state index contributed by atoms with van der Waals surface area (Å²) in [6.45, 7) is 9.51. The van der Waals surface area contributed by atoms with Gasteiger partial charge in [0.2, 0.25) is 5.91 Å². The number of likely N-dealkylation sites (tertiary alicyclic amines) is 2. The summed E-state index contributed by atoms with van der Waals surface area (Å²) in [5.41, 5.74) is 5.95. The van der Waals surface area contributed by atoms with E-state index in [-0.39, 0.29) is 5.91 Å². The first kappa shape index (κ1) is 21.8. The van der Waals surface area contributed by atoms with E-state index in [4.69, 9.17) is 9.72 Å². The van der Waals surface area contributed by atoms with Gasteiger partial charge in [0.25, 0.3) is 0 Å². The Bertz CT molecular complexity index is 1310. The minimum atomic E-state index is 0.0271. The van der Waals surface area contributed by atoms with Crippen LogP contribution < -0.4 is 10.1 Å². The molecule has 2 fully saturated rings. The number of ether oxygens (including phenoxy) is 1. The maximum atomic E-state index is 11.9. The Morgan fingerprint density at radius 1 is 1.31 bits per heavy atom. The monoisotopic (exact) mass is 471 g/mol. The van der Waals surface area contributed by atoms with Crippen molar-refractivity contribution >= 4 is 17.4 Å². The van der Waals surface area contributed by atoms with Gasteiger partial charge in [0, 0.05) is 74.4 Å². The van der Waals surface area contributed by atoms with Crippen LogP contribution in [0.2, 0.25) is 0 Å². The van der Waals surface area contributed by atoms with Crippen molar-refractivity contribution in [2.24, 2.45) is 7.05 Å². The second-order valence-corrected chi connectivity index (χ2v) is 9.59. The number of carbonyl (C=O) groups excluding carboxylic acids is 1. The fourth-order valence-corrected chi connectivity index (χ4v) is 5.39. The van der Waals surface area contributed by atoms with Crippen molar-refractivity contribution in [3.8, 4) is 16.9 Å². The molecule has 180 valence electrons. The topological polar surface area (TPSA) is 88.4 Å². The normalized spacial score (nSPS) is 19.7. The number of hydrogen-bond donors (Lipinski definition) is 1. The van der Waals surface area contributed by atoms with Crippen LogP contribution in [0.15, 0.2) is 43.4 Å². The van der Waals surface area contributed by atoms with Crippen molar-refractivity contribution in [1.29, 1.82) is 0 Å². The third-order valence-corrected chi connectivity index (χ3v) is 7.34. The lowest BCUT2D eigenvalue weighted by Crippen LogP contribution is -2.52. The molecule has 6 heterocycles. The number of hydrogen-bond acceptors (Lipinski definition) is 7. The van der Waals surface area contributed by atoms with Crippen molar-refractivity contribution in [3.63, 3.8) is 0 Å². The van der Waals surface area contributed by atoms with Crippen LogP contribution in [0.25, 0.3) is 11.1 Å². The number of aryl methyl sites for hydroxylation is 2. The molecule has 0 aromatic carbocycles. The van der Waals surface area contributed by atoms with Crippen LogP contribution >= 0.6 is 0 Å². The molecule has 3 aliphatic heterocycles. The van der Waals surface area contributed by atoms with E-state index in [0.717, 1.165) is 77.9 Å². The molecular weight excluding hydrogens is 442 g/mol. The quantitative estimate of drug-likeness (QED) is 0.585. The summed E-state index contributed by atoms with van der Waals surface area (Å²) >= 11 is 0. The van der Waals surface area contributed by atoms with E-state index in [2.05, 4.69) is 32.9 Å². The zero-order chi connectivity index (χ0) is 24.1. The largest absolute Gasteiger partial charge is 0.485 e. The Morgan fingerprint density at radius 3 is 2.94 bits per heavy atom. The summed E-state index contributed by atoms with van der Waals surface area (Å²) in [6.07, 6.45) is 8.10. The molecule has 1 N–H and O–H groups in total. The second-order valence-electron chi connectivity index (χ2n) is 9.59. The number of nitrogens with zero attached hydrogens (tertiary/aromatic N) is 6. The van der Waals surface area contributed by atoms with Crippen LogP contribution in [-0.4, -0.2) is 67.7 Å². The van der Waals surface area contributed by atoms with E-state index < -0.39 is 0 Å². The van der Waals surface area contributed by atoms with Gasteiger partial charge >= 0.3 is 0 Å². The van der Waals surface area contributed by atoms with E-state index in [9.17, 15) is 4.79 Å². The highest BCUT2D eigenvalue weighted by Gasteiger charge is 2.38. The minimum Gasteiger partial charge on any atom is -0.485 e. The predicted octanol–water partition coefficient (Wildman–Crippen LogP) is 3.01. The van der Waals surface area contributed by atoms with Crippen molar-refractivity contribution < 1.29 is 9.53 Å². The first-order valence-corrected chi connectivity index (χ1v) is 12.0. The van der Waals surface area contributed by atoms with Crippen molar-refractivity contribution in [2.75, 3.05) is 31.5 Å². The van der Waals surface area contributed by atoms with Crippen LogP contribution in [0.3, 0.4) is 0 Å². The lowest BCUT2D eigenvalue weighted by atomic mass is 9.92. The summed E-state index contributed by atoms with van der Waals surface area (Å²) < 4.78 is 8.06. The molecule has 9 heteroatoms. The second kappa shape index (κ2) is 8.49. The summed E-state index contributed by atoms with van der Waals surface area (Å²) in [4.78, 5) is 25.8. The average molecular weight is 472 g/mol. The fraction of sp³-hybridized carbons (Fsp3) is 0.385. The summed E-state index contributed by atoms with van der Waals surface area (Å²) in [6, 6.07) is 4.53. The Morgan fingerprint density at radius 2 is 2.17 bits per heavy atom. The van der Waals surface area contributed by atoms with Crippen LogP contribution in [-0.2, 0) is 18.4 Å². The van der Waals surface area contributed by atoms with Gasteiger partial charge in [0.1, 0.15) is 12.4 Å². The molecule has 1 unspecified atom stereocenters. The zero-order valence-electron chi connectivity index (χ0n) is 20.1. The third-order valence-electron chi connectivity index (χ3n) is 7.34.